The van der Waals surface area contributed by atoms with Gasteiger partial charge in [0.05, 0.1) is 12.1 Å². The summed E-state index contributed by atoms with van der Waals surface area (Å²) < 4.78 is 40.0. The summed E-state index contributed by atoms with van der Waals surface area (Å²) in [6.45, 7) is -1.02. The van der Waals surface area contributed by atoms with Crippen molar-refractivity contribution in [3.05, 3.63) is 30.3 Å². The van der Waals surface area contributed by atoms with E-state index >= 15 is 0 Å². The fraction of sp³-hybridized carbons (Fsp3) is 0.308. The Morgan fingerprint density at radius 1 is 1.20 bits per heavy atom. The standard InChI is InChI=1S/C13H14F3N3O/c14-13(15,16)8-20-6-5-18-12-4-1-9-7-10(17)2-3-11(9)19-12/h1-4,7H,5-6,8,17H2,(H,18,19). The van der Waals surface area contributed by atoms with E-state index in [-0.39, 0.29) is 13.2 Å². The van der Waals surface area contributed by atoms with Gasteiger partial charge < -0.3 is 15.8 Å². The molecule has 1 aromatic carbocycles. The van der Waals surface area contributed by atoms with Gasteiger partial charge in [0.1, 0.15) is 12.4 Å². The van der Waals surface area contributed by atoms with Gasteiger partial charge >= 0.3 is 6.18 Å². The van der Waals surface area contributed by atoms with Gasteiger partial charge in [-0.3, -0.25) is 0 Å². The molecule has 0 aliphatic rings. The number of aromatic nitrogens is 1. The molecule has 0 fully saturated rings. The first-order chi connectivity index (χ1) is 9.44. The Kier molecular flexibility index (Phi) is 4.29. The lowest BCUT2D eigenvalue weighted by atomic mass is 10.2. The van der Waals surface area contributed by atoms with Gasteiger partial charge in [-0.15, -0.1) is 0 Å². The molecule has 1 aromatic heterocycles. The number of hydrogen-bond acceptors (Lipinski definition) is 4. The van der Waals surface area contributed by atoms with E-state index in [4.69, 9.17) is 5.73 Å². The zero-order valence-electron chi connectivity index (χ0n) is 10.6. The van der Waals surface area contributed by atoms with Crippen LogP contribution in [0.15, 0.2) is 30.3 Å². The molecular weight excluding hydrogens is 271 g/mol. The summed E-state index contributed by atoms with van der Waals surface area (Å²) in [6.07, 6.45) is -4.29. The van der Waals surface area contributed by atoms with Crippen LogP contribution in [-0.4, -0.2) is 30.9 Å². The van der Waals surface area contributed by atoms with Crippen molar-refractivity contribution in [3.63, 3.8) is 0 Å². The number of nitrogens with one attached hydrogen (secondary N) is 1. The molecule has 0 radical (unpaired) electrons. The van der Waals surface area contributed by atoms with E-state index in [1.165, 1.54) is 0 Å². The number of ether oxygens (including phenoxy) is 1. The van der Waals surface area contributed by atoms with Crippen LogP contribution in [0, 0.1) is 0 Å². The normalized spacial score (nSPS) is 11.8. The third-order valence-electron chi connectivity index (χ3n) is 2.53. The number of fused-ring (bicyclic) bond motifs is 1. The first kappa shape index (κ1) is 14.4. The van der Waals surface area contributed by atoms with E-state index in [0.29, 0.717) is 11.5 Å². The molecule has 0 atom stereocenters. The molecule has 1 heterocycles. The zero-order valence-corrected chi connectivity index (χ0v) is 10.6. The topological polar surface area (TPSA) is 60.2 Å². The summed E-state index contributed by atoms with van der Waals surface area (Å²) in [5.74, 6) is 0.581. The maximum absolute atomic E-state index is 11.8. The first-order valence-electron chi connectivity index (χ1n) is 5.99. The van der Waals surface area contributed by atoms with Gasteiger partial charge in [0.25, 0.3) is 0 Å². The van der Waals surface area contributed by atoms with Crippen molar-refractivity contribution in [1.29, 1.82) is 0 Å². The summed E-state index contributed by atoms with van der Waals surface area (Å²) in [5.41, 5.74) is 7.08. The first-order valence-corrected chi connectivity index (χ1v) is 5.99. The van der Waals surface area contributed by atoms with Crippen molar-refractivity contribution in [2.75, 3.05) is 30.8 Å². The molecule has 0 unspecified atom stereocenters. The maximum atomic E-state index is 11.8. The number of nitrogens with two attached hydrogens (primary N) is 1. The predicted molar refractivity (Wildman–Crippen MR) is 71.5 cm³/mol. The fourth-order valence-electron chi connectivity index (χ4n) is 1.68. The van der Waals surface area contributed by atoms with E-state index in [1.807, 2.05) is 6.07 Å². The number of hydrogen-bond donors (Lipinski definition) is 2. The van der Waals surface area contributed by atoms with Crippen LogP contribution in [0.3, 0.4) is 0 Å². The Hall–Kier alpha value is -2.02. The molecule has 20 heavy (non-hydrogen) atoms. The summed E-state index contributed by atoms with van der Waals surface area (Å²) in [4.78, 5) is 4.32. The SMILES string of the molecule is Nc1ccc2nc(NCCOCC(F)(F)F)ccc2c1. The van der Waals surface area contributed by atoms with Crippen LogP contribution in [-0.2, 0) is 4.74 Å². The molecule has 3 N–H and O–H groups in total. The molecule has 0 saturated carbocycles. The van der Waals surface area contributed by atoms with Crippen molar-refractivity contribution in [2.45, 2.75) is 6.18 Å². The number of anilines is 2. The number of benzene rings is 1. The summed E-state index contributed by atoms with van der Waals surface area (Å²) in [5, 5.41) is 3.81. The minimum atomic E-state index is -4.29. The molecule has 108 valence electrons. The lowest BCUT2D eigenvalue weighted by molar-refractivity contribution is -0.172. The Morgan fingerprint density at radius 2 is 2.00 bits per heavy atom. The number of nitrogens with zero attached hydrogens (tertiary/aromatic N) is 1. The van der Waals surface area contributed by atoms with Crippen LogP contribution in [0.25, 0.3) is 10.9 Å². The second kappa shape index (κ2) is 5.96. The highest BCUT2D eigenvalue weighted by Crippen LogP contribution is 2.18. The molecule has 0 aliphatic carbocycles. The molecule has 2 rings (SSSR count). The summed E-state index contributed by atoms with van der Waals surface area (Å²) in [7, 11) is 0. The van der Waals surface area contributed by atoms with Gasteiger partial charge in [0.2, 0.25) is 0 Å². The van der Waals surface area contributed by atoms with Crippen molar-refractivity contribution in [1.82, 2.24) is 4.98 Å². The van der Waals surface area contributed by atoms with Gasteiger partial charge in [-0.1, -0.05) is 0 Å². The quantitative estimate of drug-likeness (QED) is 0.655. The van der Waals surface area contributed by atoms with E-state index in [0.717, 1.165) is 10.9 Å². The van der Waals surface area contributed by atoms with E-state index in [9.17, 15) is 13.2 Å². The largest absolute Gasteiger partial charge is 0.411 e. The molecule has 0 spiro atoms. The van der Waals surface area contributed by atoms with Crippen LogP contribution in [0.2, 0.25) is 0 Å². The molecule has 0 amide bonds. The van der Waals surface area contributed by atoms with Gasteiger partial charge in [0.15, 0.2) is 0 Å². The Labute approximate surface area is 113 Å². The smallest absolute Gasteiger partial charge is 0.399 e. The molecule has 0 bridgehead atoms. The van der Waals surface area contributed by atoms with E-state index < -0.39 is 12.8 Å². The van der Waals surface area contributed by atoms with Crippen LogP contribution in [0.4, 0.5) is 24.7 Å². The van der Waals surface area contributed by atoms with E-state index in [2.05, 4.69) is 15.0 Å². The van der Waals surface area contributed by atoms with E-state index in [1.54, 1.807) is 24.3 Å². The third-order valence-corrected chi connectivity index (χ3v) is 2.53. The van der Waals surface area contributed by atoms with Crippen molar-refractivity contribution in [2.24, 2.45) is 0 Å². The number of halogens is 3. The highest BCUT2D eigenvalue weighted by Gasteiger charge is 2.27. The lowest BCUT2D eigenvalue weighted by Crippen LogP contribution is -2.20. The monoisotopic (exact) mass is 285 g/mol. The van der Waals surface area contributed by atoms with Crippen LogP contribution < -0.4 is 11.1 Å². The van der Waals surface area contributed by atoms with Gasteiger partial charge in [0, 0.05) is 17.6 Å². The number of alkyl halides is 3. The average molecular weight is 285 g/mol. The molecule has 7 heteroatoms. The second-order valence-corrected chi connectivity index (χ2v) is 4.24. The van der Waals surface area contributed by atoms with Crippen molar-refractivity contribution in [3.8, 4) is 0 Å². The third kappa shape index (κ3) is 4.27. The van der Waals surface area contributed by atoms with Gasteiger partial charge in [-0.2, -0.15) is 13.2 Å². The van der Waals surface area contributed by atoms with Crippen LogP contribution >= 0.6 is 0 Å². The highest BCUT2D eigenvalue weighted by molar-refractivity contribution is 5.83. The number of rotatable bonds is 5. The molecule has 0 aliphatic heterocycles. The average Bonchev–Trinajstić information content (AvgIpc) is 2.37. The number of pyridine rings is 1. The van der Waals surface area contributed by atoms with Gasteiger partial charge in [-0.25, -0.2) is 4.98 Å². The minimum absolute atomic E-state index is 0.0407. The number of nitrogen functional groups attached to an aromatic ring is 1. The van der Waals surface area contributed by atoms with Crippen molar-refractivity contribution >= 4 is 22.4 Å². The summed E-state index contributed by atoms with van der Waals surface area (Å²) >= 11 is 0. The van der Waals surface area contributed by atoms with Gasteiger partial charge in [-0.05, 0) is 30.3 Å². The zero-order chi connectivity index (χ0) is 14.6. The second-order valence-electron chi connectivity index (χ2n) is 4.24. The Balaban J connectivity index is 1.86. The predicted octanol–water partition coefficient (Wildman–Crippen LogP) is 2.81. The lowest BCUT2D eigenvalue weighted by Gasteiger charge is -2.09. The fourth-order valence-corrected chi connectivity index (χ4v) is 1.68. The maximum Gasteiger partial charge on any atom is 0.411 e. The summed E-state index contributed by atoms with van der Waals surface area (Å²) in [6, 6.07) is 8.92. The van der Waals surface area contributed by atoms with Crippen molar-refractivity contribution < 1.29 is 17.9 Å². The molecule has 0 saturated heterocycles. The molecule has 4 nitrogen and oxygen atoms in total. The molecule has 2 aromatic rings. The Morgan fingerprint density at radius 3 is 2.75 bits per heavy atom. The Bertz CT molecular complexity index is 587. The minimum Gasteiger partial charge on any atom is -0.399 e. The van der Waals surface area contributed by atoms with Crippen LogP contribution in [0.5, 0.6) is 0 Å². The van der Waals surface area contributed by atoms with Crippen LogP contribution in [0.1, 0.15) is 0 Å². The highest BCUT2D eigenvalue weighted by atomic mass is 19.4. The molecular formula is C13H14F3N3O.